The maximum atomic E-state index is 10.9. The zero-order valence-corrected chi connectivity index (χ0v) is 17.8. The second-order valence-electron chi connectivity index (χ2n) is 6.34. The van der Waals surface area contributed by atoms with Gasteiger partial charge in [-0.25, -0.2) is 4.98 Å². The third-order valence-corrected chi connectivity index (χ3v) is 6.95. The molecule has 154 valence electrons. The van der Waals surface area contributed by atoms with Crippen molar-refractivity contribution in [1.82, 2.24) is 19.7 Å². The molecule has 1 saturated heterocycles. The Morgan fingerprint density at radius 1 is 1.21 bits per heavy atom. The smallest absolute Gasteiger partial charge is 0.140 e. The van der Waals surface area contributed by atoms with Crippen molar-refractivity contribution in [2.45, 2.75) is 34.7 Å². The Morgan fingerprint density at radius 2 is 2.03 bits per heavy atom. The monoisotopic (exact) mass is 474 g/mol. The summed E-state index contributed by atoms with van der Waals surface area (Å²) in [5.41, 5.74) is -0.0700. The lowest BCUT2D eigenvalue weighted by atomic mass is 9.97. The van der Waals surface area contributed by atoms with Crippen LogP contribution in [-0.4, -0.2) is 65.4 Å². The van der Waals surface area contributed by atoms with E-state index in [4.69, 9.17) is 27.9 Å². The molecule has 3 N–H and O–H groups in total. The fraction of sp³-hybridized carbons (Fsp3) is 0.353. The minimum absolute atomic E-state index is 0.385. The summed E-state index contributed by atoms with van der Waals surface area (Å²) in [6.07, 6.45) is 3.17. The van der Waals surface area contributed by atoms with E-state index < -0.39 is 36.4 Å². The molecular weight excluding hydrogens is 459 g/mol. The fourth-order valence-corrected chi connectivity index (χ4v) is 5.31. The second-order valence-corrected chi connectivity index (χ2v) is 9.19. The normalized spacial score (nSPS) is 27.3. The molecule has 0 aliphatic carbocycles. The van der Waals surface area contributed by atoms with Gasteiger partial charge in [0, 0.05) is 34.4 Å². The lowest BCUT2D eigenvalue weighted by molar-refractivity contribution is -0.178. The molecule has 0 aromatic carbocycles. The van der Waals surface area contributed by atoms with Crippen molar-refractivity contribution in [2.24, 2.45) is 0 Å². The first-order chi connectivity index (χ1) is 14.0. The number of ether oxygens (including phenoxy) is 1. The topological polar surface area (TPSA) is 114 Å². The van der Waals surface area contributed by atoms with E-state index in [1.54, 1.807) is 30.0 Å². The summed E-state index contributed by atoms with van der Waals surface area (Å²) in [6.45, 7) is -0.411. The zero-order valence-electron chi connectivity index (χ0n) is 14.7. The number of hydrogen-bond donors (Lipinski definition) is 3. The minimum atomic E-state index is -1.17. The molecule has 0 amide bonds. The molecule has 8 nitrogen and oxygen atoms in total. The van der Waals surface area contributed by atoms with E-state index in [2.05, 4.69) is 15.1 Å². The van der Waals surface area contributed by atoms with Gasteiger partial charge in [-0.3, -0.25) is 9.67 Å². The van der Waals surface area contributed by atoms with Crippen molar-refractivity contribution in [3.8, 4) is 10.6 Å². The first-order valence-corrected chi connectivity index (χ1v) is 11.0. The van der Waals surface area contributed by atoms with E-state index >= 15 is 0 Å². The Bertz CT molecular complexity index is 988. The number of rotatable bonds is 5. The number of nitrogens with zero attached hydrogens (tertiary/aromatic N) is 4. The lowest BCUT2D eigenvalue weighted by Gasteiger charge is -2.42. The van der Waals surface area contributed by atoms with E-state index in [-0.39, 0.29) is 0 Å². The van der Waals surface area contributed by atoms with Crippen LogP contribution in [0.15, 0.2) is 41.1 Å². The molecule has 4 heterocycles. The van der Waals surface area contributed by atoms with Gasteiger partial charge in [0.15, 0.2) is 0 Å². The van der Waals surface area contributed by atoms with E-state index in [1.165, 1.54) is 34.0 Å². The van der Waals surface area contributed by atoms with Crippen molar-refractivity contribution >= 4 is 46.3 Å². The molecule has 1 fully saturated rings. The lowest BCUT2D eigenvalue weighted by Crippen LogP contribution is -2.54. The molecule has 0 spiro atoms. The molecule has 29 heavy (non-hydrogen) atoms. The Morgan fingerprint density at radius 3 is 2.72 bits per heavy atom. The average Bonchev–Trinajstić information content (AvgIpc) is 3.33. The predicted molar refractivity (Wildman–Crippen MR) is 110 cm³/mol. The molecule has 0 radical (unpaired) electrons. The fourth-order valence-electron chi connectivity index (χ4n) is 3.07. The average molecular weight is 475 g/mol. The number of pyridine rings is 1. The number of aliphatic hydroxyl groups excluding tert-OH is 3. The van der Waals surface area contributed by atoms with Crippen LogP contribution in [0.3, 0.4) is 0 Å². The van der Waals surface area contributed by atoms with Gasteiger partial charge < -0.3 is 20.1 Å². The first-order valence-electron chi connectivity index (χ1n) is 8.51. The van der Waals surface area contributed by atoms with Crippen LogP contribution >= 0.6 is 46.3 Å². The van der Waals surface area contributed by atoms with Crippen LogP contribution in [0.1, 0.15) is 6.04 Å². The summed E-state index contributed by atoms with van der Waals surface area (Å²) in [6, 6.07) is 0.858. The zero-order chi connectivity index (χ0) is 20.5. The van der Waals surface area contributed by atoms with Crippen LogP contribution < -0.4 is 0 Å². The third kappa shape index (κ3) is 4.44. The Kier molecular flexibility index (Phi) is 6.42. The van der Waals surface area contributed by atoms with Gasteiger partial charge in [0.2, 0.25) is 0 Å². The number of thioether (sulfide) groups is 1. The van der Waals surface area contributed by atoms with Crippen LogP contribution in [0, 0.1) is 0 Å². The second kappa shape index (κ2) is 8.86. The highest BCUT2D eigenvalue weighted by molar-refractivity contribution is 7.99. The Labute approximate surface area is 184 Å². The number of halogens is 2. The summed E-state index contributed by atoms with van der Waals surface area (Å²) in [7, 11) is 0. The van der Waals surface area contributed by atoms with Gasteiger partial charge >= 0.3 is 0 Å². The molecule has 3 aromatic rings. The molecule has 12 heteroatoms. The largest absolute Gasteiger partial charge is 0.394 e. The van der Waals surface area contributed by atoms with Crippen LogP contribution in [0.25, 0.3) is 10.6 Å². The SMILES string of the molecule is OC[C@H]1O[C@H](Sc2cncc(Cl)c2)[C@H](O)[C@@H](n2cc(-c3nc(Cl)cs3)cn2)[C@H]1O. The van der Waals surface area contributed by atoms with Gasteiger partial charge in [-0.1, -0.05) is 35.0 Å². The maximum Gasteiger partial charge on any atom is 0.140 e. The summed E-state index contributed by atoms with van der Waals surface area (Å²) in [5.74, 6) is 0. The number of hydrogen-bond acceptors (Lipinski definition) is 9. The Hall–Kier alpha value is -1.24. The van der Waals surface area contributed by atoms with Gasteiger partial charge in [-0.05, 0) is 6.07 Å². The van der Waals surface area contributed by atoms with Crippen LogP contribution in [-0.2, 0) is 4.74 Å². The third-order valence-electron chi connectivity index (χ3n) is 4.41. The van der Waals surface area contributed by atoms with Crippen LogP contribution in [0.2, 0.25) is 10.2 Å². The quantitative estimate of drug-likeness (QED) is 0.516. The molecular formula is C17H16Cl2N4O4S2. The standard InChI is InChI=1S/C17H16Cl2N4O4S2/c18-9-1-10(4-20-3-9)29-17-15(26)13(14(25)11(6-24)27-17)23-5-8(2-21-23)16-22-12(19)7-28-16/h1-5,7,11,13-15,17,24-26H,6H2/t11-,13+,14+,15-,17-/m1/s1. The number of aromatic nitrogens is 4. The van der Waals surface area contributed by atoms with Crippen molar-refractivity contribution in [3.05, 3.63) is 46.4 Å². The highest BCUT2D eigenvalue weighted by Crippen LogP contribution is 2.38. The van der Waals surface area contributed by atoms with Gasteiger partial charge in [0.05, 0.1) is 17.8 Å². The summed E-state index contributed by atoms with van der Waals surface area (Å²) >= 11 is 14.4. The van der Waals surface area contributed by atoms with E-state index in [0.717, 1.165) is 0 Å². The van der Waals surface area contributed by atoms with E-state index in [9.17, 15) is 15.3 Å². The number of thiazole rings is 1. The van der Waals surface area contributed by atoms with Crippen LogP contribution in [0.4, 0.5) is 0 Å². The van der Waals surface area contributed by atoms with Crippen molar-refractivity contribution < 1.29 is 20.1 Å². The molecule has 0 unspecified atom stereocenters. The van der Waals surface area contributed by atoms with Crippen LogP contribution in [0.5, 0.6) is 0 Å². The van der Waals surface area contributed by atoms with E-state index in [1.807, 2.05) is 0 Å². The molecule has 3 aromatic heterocycles. The molecule has 4 rings (SSSR count). The molecule has 1 aliphatic heterocycles. The van der Waals surface area contributed by atoms with Crippen molar-refractivity contribution in [1.29, 1.82) is 0 Å². The Balaban J connectivity index is 1.61. The summed E-state index contributed by atoms with van der Waals surface area (Å²) < 4.78 is 7.19. The first kappa shape index (κ1) is 21.0. The minimum Gasteiger partial charge on any atom is -0.394 e. The maximum absolute atomic E-state index is 10.9. The highest BCUT2D eigenvalue weighted by Gasteiger charge is 2.46. The van der Waals surface area contributed by atoms with Crippen molar-refractivity contribution in [2.75, 3.05) is 6.61 Å². The van der Waals surface area contributed by atoms with Gasteiger partial charge in [-0.2, -0.15) is 5.10 Å². The van der Waals surface area contributed by atoms with Crippen molar-refractivity contribution in [3.63, 3.8) is 0 Å². The van der Waals surface area contributed by atoms with Gasteiger partial charge in [0.25, 0.3) is 0 Å². The van der Waals surface area contributed by atoms with E-state index in [0.29, 0.717) is 25.6 Å². The molecule has 0 saturated carbocycles. The number of aliphatic hydroxyl groups is 3. The summed E-state index contributed by atoms with van der Waals surface area (Å²) in [5, 5.41) is 38.8. The van der Waals surface area contributed by atoms with Gasteiger partial charge in [-0.15, -0.1) is 11.3 Å². The molecule has 0 bridgehead atoms. The molecule has 1 aliphatic rings. The summed E-state index contributed by atoms with van der Waals surface area (Å²) in [4.78, 5) is 8.91. The highest BCUT2D eigenvalue weighted by atomic mass is 35.5. The van der Waals surface area contributed by atoms with Gasteiger partial charge in [0.1, 0.15) is 40.0 Å². The molecule has 5 atom stereocenters. The predicted octanol–water partition coefficient (Wildman–Crippen LogP) is 2.48.